The SMILES string of the molecule is COc1cc(OC)cc(-c2nnc(SCC(=O)c3cc(C)n(-c4ccc5c(c4)OCO5)c3C)o2)c1. The number of ether oxygens (including phenoxy) is 4. The maximum absolute atomic E-state index is 13.1. The first-order valence-corrected chi connectivity index (χ1v) is 11.8. The summed E-state index contributed by atoms with van der Waals surface area (Å²) in [4.78, 5) is 13.1. The maximum atomic E-state index is 13.1. The van der Waals surface area contributed by atoms with Gasteiger partial charge in [0.1, 0.15) is 11.5 Å². The Morgan fingerprint density at radius 3 is 2.49 bits per heavy atom. The van der Waals surface area contributed by atoms with Crippen molar-refractivity contribution in [3.05, 3.63) is 59.4 Å². The topological polar surface area (TPSA) is 97.8 Å². The molecular formula is C25H23N3O6S. The first-order valence-electron chi connectivity index (χ1n) is 10.8. The zero-order chi connectivity index (χ0) is 24.5. The summed E-state index contributed by atoms with van der Waals surface area (Å²) in [5, 5.41) is 8.49. The highest BCUT2D eigenvalue weighted by molar-refractivity contribution is 7.99. The normalized spacial score (nSPS) is 12.1. The predicted molar refractivity (Wildman–Crippen MR) is 129 cm³/mol. The molecular weight excluding hydrogens is 470 g/mol. The molecule has 0 unspecified atom stereocenters. The van der Waals surface area contributed by atoms with Crippen LogP contribution in [0.4, 0.5) is 0 Å². The lowest BCUT2D eigenvalue weighted by Crippen LogP contribution is -2.05. The van der Waals surface area contributed by atoms with Crippen LogP contribution in [0.2, 0.25) is 0 Å². The summed E-state index contributed by atoms with van der Waals surface area (Å²) in [6.45, 7) is 4.11. The van der Waals surface area contributed by atoms with Gasteiger partial charge in [-0.1, -0.05) is 11.8 Å². The van der Waals surface area contributed by atoms with Crippen LogP contribution in [0.5, 0.6) is 23.0 Å². The van der Waals surface area contributed by atoms with Crippen LogP contribution in [0.3, 0.4) is 0 Å². The summed E-state index contributed by atoms with van der Waals surface area (Å²) in [6.07, 6.45) is 0. The molecule has 180 valence electrons. The molecule has 1 aliphatic heterocycles. The first-order chi connectivity index (χ1) is 17.0. The third-order valence-corrected chi connectivity index (χ3v) is 6.50. The highest BCUT2D eigenvalue weighted by atomic mass is 32.2. The van der Waals surface area contributed by atoms with Crippen LogP contribution >= 0.6 is 11.8 Å². The summed E-state index contributed by atoms with van der Waals surface area (Å²) < 4.78 is 29.3. The number of hydrogen-bond donors (Lipinski definition) is 0. The van der Waals surface area contributed by atoms with Crippen molar-refractivity contribution < 1.29 is 28.2 Å². The molecule has 0 saturated carbocycles. The van der Waals surface area contributed by atoms with E-state index in [-0.39, 0.29) is 18.3 Å². The van der Waals surface area contributed by atoms with Crippen LogP contribution in [0, 0.1) is 13.8 Å². The lowest BCUT2D eigenvalue weighted by atomic mass is 10.2. The van der Waals surface area contributed by atoms with Gasteiger partial charge in [-0.3, -0.25) is 4.79 Å². The van der Waals surface area contributed by atoms with E-state index in [1.165, 1.54) is 11.8 Å². The molecule has 0 bridgehead atoms. The second-order valence-corrected chi connectivity index (χ2v) is 8.77. The minimum Gasteiger partial charge on any atom is -0.497 e. The molecule has 1 aliphatic rings. The van der Waals surface area contributed by atoms with Gasteiger partial charge in [0.05, 0.1) is 20.0 Å². The van der Waals surface area contributed by atoms with E-state index >= 15 is 0 Å². The Labute approximate surface area is 206 Å². The number of thioether (sulfide) groups is 1. The molecule has 0 radical (unpaired) electrons. The molecule has 0 atom stereocenters. The number of methoxy groups -OCH3 is 2. The largest absolute Gasteiger partial charge is 0.497 e. The van der Waals surface area contributed by atoms with Gasteiger partial charge >= 0.3 is 0 Å². The summed E-state index contributed by atoms with van der Waals surface area (Å²) in [7, 11) is 3.14. The number of rotatable bonds is 8. The Bertz CT molecular complexity index is 1390. The third-order valence-electron chi connectivity index (χ3n) is 5.68. The molecule has 0 fully saturated rings. The van der Waals surface area contributed by atoms with Crippen molar-refractivity contribution in [2.24, 2.45) is 0 Å². The van der Waals surface area contributed by atoms with Crippen molar-refractivity contribution in [2.45, 2.75) is 19.1 Å². The quantitative estimate of drug-likeness (QED) is 0.252. The highest BCUT2D eigenvalue weighted by Crippen LogP contribution is 2.35. The van der Waals surface area contributed by atoms with E-state index in [9.17, 15) is 4.79 Å². The zero-order valence-electron chi connectivity index (χ0n) is 19.7. The number of carbonyl (C=O) groups excluding carboxylic acids is 1. The Kier molecular flexibility index (Phi) is 6.12. The molecule has 3 heterocycles. The summed E-state index contributed by atoms with van der Waals surface area (Å²) >= 11 is 1.20. The molecule has 0 N–H and O–H groups in total. The van der Waals surface area contributed by atoms with Crippen LogP contribution in [-0.2, 0) is 0 Å². The van der Waals surface area contributed by atoms with Crippen molar-refractivity contribution in [1.29, 1.82) is 0 Å². The second-order valence-electron chi connectivity index (χ2n) is 7.84. The first kappa shape index (κ1) is 22.9. The Morgan fingerprint density at radius 2 is 1.74 bits per heavy atom. The number of nitrogens with zero attached hydrogens (tertiary/aromatic N) is 3. The number of hydrogen-bond acceptors (Lipinski definition) is 9. The van der Waals surface area contributed by atoms with Crippen LogP contribution < -0.4 is 18.9 Å². The number of fused-ring (bicyclic) bond motifs is 1. The standard InChI is InChI=1S/C25H23N3O6S/c1-14-7-20(15(2)28(14)17-5-6-22-23(10-17)33-13-32-22)21(29)12-35-25-27-26-24(34-25)16-8-18(30-3)11-19(9-16)31-4/h5-11H,12-13H2,1-4H3. The summed E-state index contributed by atoms with van der Waals surface area (Å²) in [6, 6.07) is 12.9. The Balaban J connectivity index is 1.31. The molecule has 0 aliphatic carbocycles. The maximum Gasteiger partial charge on any atom is 0.277 e. The molecule has 0 spiro atoms. The fourth-order valence-corrected chi connectivity index (χ4v) is 4.63. The van der Waals surface area contributed by atoms with E-state index in [1.807, 2.05) is 42.7 Å². The van der Waals surface area contributed by atoms with Crippen LogP contribution in [0.15, 0.2) is 52.1 Å². The van der Waals surface area contributed by atoms with Crippen molar-refractivity contribution in [3.63, 3.8) is 0 Å². The van der Waals surface area contributed by atoms with Gasteiger partial charge in [0, 0.05) is 40.3 Å². The highest BCUT2D eigenvalue weighted by Gasteiger charge is 2.21. The summed E-state index contributed by atoms with van der Waals surface area (Å²) in [5.74, 6) is 3.08. The van der Waals surface area contributed by atoms with E-state index in [4.69, 9.17) is 23.4 Å². The molecule has 4 aromatic rings. The molecule has 35 heavy (non-hydrogen) atoms. The van der Waals surface area contributed by atoms with Gasteiger partial charge in [-0.25, -0.2) is 0 Å². The average molecular weight is 494 g/mol. The van der Waals surface area contributed by atoms with Crippen molar-refractivity contribution >= 4 is 17.5 Å². The van der Waals surface area contributed by atoms with Gasteiger partial charge < -0.3 is 27.9 Å². The second kappa shape index (κ2) is 9.38. The number of Topliss-reactive ketones (excluding diaryl/α,β-unsaturated/α-hetero) is 1. The molecule has 2 aromatic carbocycles. The number of ketones is 1. The molecule has 2 aromatic heterocycles. The van der Waals surface area contributed by atoms with Crippen molar-refractivity contribution in [3.8, 4) is 40.1 Å². The Morgan fingerprint density at radius 1 is 1.00 bits per heavy atom. The number of aromatic nitrogens is 3. The average Bonchev–Trinajstić information content (AvgIpc) is 3.60. The van der Waals surface area contributed by atoms with Crippen LogP contribution in [0.25, 0.3) is 17.1 Å². The van der Waals surface area contributed by atoms with E-state index < -0.39 is 0 Å². The van der Waals surface area contributed by atoms with Gasteiger partial charge in [-0.2, -0.15) is 0 Å². The van der Waals surface area contributed by atoms with Crippen LogP contribution in [0.1, 0.15) is 21.7 Å². The van der Waals surface area contributed by atoms with Gasteiger partial charge in [0.2, 0.25) is 12.7 Å². The lowest BCUT2D eigenvalue weighted by molar-refractivity contribution is 0.102. The van der Waals surface area contributed by atoms with E-state index in [1.54, 1.807) is 32.4 Å². The zero-order valence-corrected chi connectivity index (χ0v) is 20.5. The number of aryl methyl sites for hydroxylation is 1. The number of carbonyl (C=O) groups is 1. The van der Waals surface area contributed by atoms with Gasteiger partial charge in [-0.15, -0.1) is 10.2 Å². The fourth-order valence-electron chi connectivity index (χ4n) is 3.99. The van der Waals surface area contributed by atoms with Crippen LogP contribution in [-0.4, -0.2) is 47.3 Å². The minimum atomic E-state index is -0.0297. The lowest BCUT2D eigenvalue weighted by Gasteiger charge is -2.10. The third kappa shape index (κ3) is 4.44. The fraction of sp³-hybridized carbons (Fsp3) is 0.240. The minimum absolute atomic E-state index is 0.0297. The van der Waals surface area contributed by atoms with Gasteiger partial charge in [0.15, 0.2) is 17.3 Å². The van der Waals surface area contributed by atoms with E-state index in [0.717, 1.165) is 22.8 Å². The predicted octanol–water partition coefficient (Wildman–Crippen LogP) is 4.87. The molecule has 5 rings (SSSR count). The summed E-state index contributed by atoms with van der Waals surface area (Å²) in [5.41, 5.74) is 4.01. The molecule has 0 amide bonds. The monoisotopic (exact) mass is 493 g/mol. The molecule has 0 saturated heterocycles. The smallest absolute Gasteiger partial charge is 0.277 e. The van der Waals surface area contributed by atoms with E-state index in [2.05, 4.69) is 10.2 Å². The van der Waals surface area contributed by atoms with Crippen molar-refractivity contribution in [1.82, 2.24) is 14.8 Å². The van der Waals surface area contributed by atoms with Gasteiger partial charge in [0.25, 0.3) is 5.22 Å². The van der Waals surface area contributed by atoms with E-state index in [0.29, 0.717) is 39.5 Å². The molecule has 10 heteroatoms. The van der Waals surface area contributed by atoms with Gasteiger partial charge in [-0.05, 0) is 44.2 Å². The van der Waals surface area contributed by atoms with Crippen molar-refractivity contribution in [2.75, 3.05) is 26.8 Å². The number of benzene rings is 2. The molecule has 9 nitrogen and oxygen atoms in total. The Hall–Kier alpha value is -3.92.